The van der Waals surface area contributed by atoms with Crippen molar-refractivity contribution < 1.29 is 22.8 Å². The maximum Gasteiger partial charge on any atom is 0.409 e. The number of carbonyl (C=O) groups is 2. The van der Waals surface area contributed by atoms with Crippen molar-refractivity contribution in [2.45, 2.75) is 33.9 Å². The summed E-state index contributed by atoms with van der Waals surface area (Å²) in [7, 11) is 0. The SMILES string of the molecule is CCN(CC)C(=O)C(C)(C(C)=O)C(F)(F)F. The van der Waals surface area contributed by atoms with E-state index in [0.29, 0.717) is 6.92 Å². The summed E-state index contributed by atoms with van der Waals surface area (Å²) in [5.41, 5.74) is -2.93. The summed E-state index contributed by atoms with van der Waals surface area (Å²) in [5, 5.41) is 0. The molecule has 1 atom stereocenters. The molecule has 0 aliphatic carbocycles. The molecule has 0 fully saturated rings. The minimum Gasteiger partial charge on any atom is -0.342 e. The normalized spacial score (nSPS) is 15.4. The Morgan fingerprint density at radius 3 is 1.69 bits per heavy atom. The fourth-order valence-electron chi connectivity index (χ4n) is 1.30. The average Bonchev–Trinajstić information content (AvgIpc) is 2.16. The van der Waals surface area contributed by atoms with E-state index in [4.69, 9.17) is 0 Å². The van der Waals surface area contributed by atoms with Gasteiger partial charge in [-0.2, -0.15) is 13.2 Å². The van der Waals surface area contributed by atoms with Gasteiger partial charge in [-0.05, 0) is 27.7 Å². The molecule has 0 aromatic rings. The Bertz CT molecular complexity index is 284. The first kappa shape index (κ1) is 14.9. The average molecular weight is 239 g/mol. The monoisotopic (exact) mass is 239 g/mol. The van der Waals surface area contributed by atoms with Crippen molar-refractivity contribution in [2.24, 2.45) is 5.41 Å². The van der Waals surface area contributed by atoms with Crippen LogP contribution in [0.2, 0.25) is 0 Å². The highest BCUT2D eigenvalue weighted by Crippen LogP contribution is 2.40. The second kappa shape index (κ2) is 4.84. The largest absolute Gasteiger partial charge is 0.409 e. The molecule has 0 aromatic carbocycles. The number of rotatable bonds is 4. The van der Waals surface area contributed by atoms with Gasteiger partial charge in [0.2, 0.25) is 5.91 Å². The summed E-state index contributed by atoms with van der Waals surface area (Å²) in [4.78, 5) is 23.8. The van der Waals surface area contributed by atoms with Crippen molar-refractivity contribution >= 4 is 11.7 Å². The van der Waals surface area contributed by atoms with Crippen molar-refractivity contribution in [1.29, 1.82) is 0 Å². The fourth-order valence-corrected chi connectivity index (χ4v) is 1.30. The second-order valence-electron chi connectivity index (χ2n) is 3.66. The van der Waals surface area contributed by atoms with E-state index in [1.54, 1.807) is 13.8 Å². The molecule has 0 saturated carbocycles. The smallest absolute Gasteiger partial charge is 0.342 e. The van der Waals surface area contributed by atoms with Crippen LogP contribution in [0.4, 0.5) is 13.2 Å². The number of nitrogens with zero attached hydrogens (tertiary/aromatic N) is 1. The molecule has 0 aliphatic rings. The molecule has 0 radical (unpaired) electrons. The Hall–Kier alpha value is -1.07. The van der Waals surface area contributed by atoms with Gasteiger partial charge in [0.05, 0.1) is 0 Å². The van der Waals surface area contributed by atoms with Gasteiger partial charge in [-0.1, -0.05) is 0 Å². The second-order valence-corrected chi connectivity index (χ2v) is 3.66. The van der Waals surface area contributed by atoms with Gasteiger partial charge < -0.3 is 4.90 Å². The quantitative estimate of drug-likeness (QED) is 0.704. The van der Waals surface area contributed by atoms with Gasteiger partial charge in [0.1, 0.15) is 0 Å². The van der Waals surface area contributed by atoms with Crippen molar-refractivity contribution in [3.05, 3.63) is 0 Å². The summed E-state index contributed by atoms with van der Waals surface area (Å²) >= 11 is 0. The summed E-state index contributed by atoms with van der Waals surface area (Å²) < 4.78 is 38.3. The van der Waals surface area contributed by atoms with Crippen molar-refractivity contribution in [2.75, 3.05) is 13.1 Å². The van der Waals surface area contributed by atoms with E-state index in [2.05, 4.69) is 0 Å². The lowest BCUT2D eigenvalue weighted by atomic mass is 9.83. The Kier molecular flexibility index (Phi) is 4.52. The van der Waals surface area contributed by atoms with Crippen LogP contribution in [0.1, 0.15) is 27.7 Å². The predicted octanol–water partition coefficient (Wildman–Crippen LogP) is 2.01. The third kappa shape index (κ3) is 2.36. The first-order valence-electron chi connectivity index (χ1n) is 5.00. The van der Waals surface area contributed by atoms with E-state index in [1.807, 2.05) is 0 Å². The third-order valence-corrected chi connectivity index (χ3v) is 2.75. The zero-order valence-corrected chi connectivity index (χ0v) is 9.81. The number of hydrogen-bond acceptors (Lipinski definition) is 2. The lowest BCUT2D eigenvalue weighted by molar-refractivity contribution is -0.218. The number of halogens is 3. The third-order valence-electron chi connectivity index (χ3n) is 2.75. The molecular formula is C10H16F3NO2. The molecule has 1 amide bonds. The van der Waals surface area contributed by atoms with Crippen LogP contribution in [-0.4, -0.2) is 35.9 Å². The molecular weight excluding hydrogens is 223 g/mol. The molecule has 94 valence electrons. The van der Waals surface area contributed by atoms with Crippen molar-refractivity contribution in [1.82, 2.24) is 4.90 Å². The molecule has 0 rings (SSSR count). The Morgan fingerprint density at radius 1 is 1.12 bits per heavy atom. The van der Waals surface area contributed by atoms with Crippen LogP contribution < -0.4 is 0 Å². The topological polar surface area (TPSA) is 37.4 Å². The van der Waals surface area contributed by atoms with E-state index < -0.39 is 23.3 Å². The molecule has 0 N–H and O–H groups in total. The van der Waals surface area contributed by atoms with Gasteiger partial charge in [-0.15, -0.1) is 0 Å². The predicted molar refractivity (Wildman–Crippen MR) is 52.8 cm³/mol. The zero-order valence-electron chi connectivity index (χ0n) is 9.81. The van der Waals surface area contributed by atoms with Crippen molar-refractivity contribution in [3.8, 4) is 0 Å². The number of alkyl halides is 3. The first-order valence-corrected chi connectivity index (χ1v) is 5.00. The van der Waals surface area contributed by atoms with Crippen LogP contribution in [-0.2, 0) is 9.59 Å². The number of hydrogen-bond donors (Lipinski definition) is 0. The lowest BCUT2D eigenvalue weighted by Gasteiger charge is -2.33. The van der Waals surface area contributed by atoms with E-state index in [1.165, 1.54) is 0 Å². The van der Waals surface area contributed by atoms with Gasteiger partial charge in [-0.25, -0.2) is 0 Å². The van der Waals surface area contributed by atoms with Crippen LogP contribution in [0.15, 0.2) is 0 Å². The van der Waals surface area contributed by atoms with E-state index in [-0.39, 0.29) is 13.1 Å². The molecule has 0 heterocycles. The standard InChI is InChI=1S/C10H16F3NO2/c1-5-14(6-2)8(16)9(4,7(3)15)10(11,12)13/h5-6H2,1-4H3. The van der Waals surface area contributed by atoms with E-state index in [0.717, 1.165) is 11.8 Å². The first-order chi connectivity index (χ1) is 7.12. The Balaban J connectivity index is 5.39. The van der Waals surface area contributed by atoms with Gasteiger partial charge in [0.15, 0.2) is 11.2 Å². The van der Waals surface area contributed by atoms with Gasteiger partial charge in [0.25, 0.3) is 0 Å². The lowest BCUT2D eigenvalue weighted by Crippen LogP contribution is -2.54. The minimum atomic E-state index is -4.86. The highest BCUT2D eigenvalue weighted by molar-refractivity contribution is 6.05. The highest BCUT2D eigenvalue weighted by Gasteiger charge is 2.61. The maximum absolute atomic E-state index is 12.8. The molecule has 0 bridgehead atoms. The van der Waals surface area contributed by atoms with Crippen LogP contribution in [0.3, 0.4) is 0 Å². The number of ketones is 1. The van der Waals surface area contributed by atoms with Gasteiger partial charge in [-0.3, -0.25) is 9.59 Å². The highest BCUT2D eigenvalue weighted by atomic mass is 19.4. The van der Waals surface area contributed by atoms with Crippen LogP contribution in [0, 0.1) is 5.41 Å². The summed E-state index contributed by atoms with van der Waals surface area (Å²) in [6.07, 6.45) is -4.86. The Morgan fingerprint density at radius 2 is 1.50 bits per heavy atom. The van der Waals surface area contributed by atoms with E-state index >= 15 is 0 Å². The molecule has 0 aliphatic heterocycles. The fraction of sp³-hybridized carbons (Fsp3) is 0.800. The summed E-state index contributed by atoms with van der Waals surface area (Å²) in [6.45, 7) is 4.85. The molecule has 0 saturated heterocycles. The number of carbonyl (C=O) groups excluding carboxylic acids is 2. The minimum absolute atomic E-state index is 0.147. The molecule has 16 heavy (non-hydrogen) atoms. The molecule has 6 heteroatoms. The molecule has 0 spiro atoms. The zero-order chi connectivity index (χ0) is 13.1. The van der Waals surface area contributed by atoms with Crippen molar-refractivity contribution in [3.63, 3.8) is 0 Å². The summed E-state index contributed by atoms with van der Waals surface area (Å²) in [6, 6.07) is 0. The Labute approximate surface area is 92.6 Å². The van der Waals surface area contributed by atoms with Gasteiger partial charge >= 0.3 is 6.18 Å². The maximum atomic E-state index is 12.8. The van der Waals surface area contributed by atoms with Crippen LogP contribution in [0.25, 0.3) is 0 Å². The molecule has 1 unspecified atom stereocenters. The number of amides is 1. The number of Topliss-reactive ketones (excluding diaryl/α,β-unsaturated/α-hetero) is 1. The van der Waals surface area contributed by atoms with Crippen LogP contribution in [0.5, 0.6) is 0 Å². The van der Waals surface area contributed by atoms with Gasteiger partial charge in [0, 0.05) is 13.1 Å². The summed E-state index contributed by atoms with van der Waals surface area (Å²) in [5.74, 6) is -2.37. The van der Waals surface area contributed by atoms with Crippen LogP contribution >= 0.6 is 0 Å². The van der Waals surface area contributed by atoms with E-state index in [9.17, 15) is 22.8 Å². The molecule has 0 aromatic heterocycles. The molecule has 3 nitrogen and oxygen atoms in total.